The highest BCUT2D eigenvalue weighted by Gasteiger charge is 2.52. The highest BCUT2D eigenvalue weighted by Crippen LogP contribution is 2.43. The molecule has 11 heteroatoms. The van der Waals surface area contributed by atoms with Gasteiger partial charge in [-0.2, -0.15) is 13.2 Å². The average molecular weight is 440 g/mol. The molecule has 2 saturated heterocycles. The molecule has 3 aromatic rings. The van der Waals surface area contributed by atoms with Crippen LogP contribution in [0.1, 0.15) is 28.8 Å². The Bertz CT molecular complexity index is 1230. The van der Waals surface area contributed by atoms with Crippen molar-refractivity contribution in [1.29, 1.82) is 0 Å². The Balaban J connectivity index is 1.51. The maximum absolute atomic E-state index is 14.3. The van der Waals surface area contributed by atoms with Crippen LogP contribution in [0.25, 0.3) is 22.6 Å². The number of rotatable bonds is 3. The number of benzene rings is 2. The summed E-state index contributed by atoms with van der Waals surface area (Å²) in [6, 6.07) is 4.30. The number of nitrogens with one attached hydrogen (secondary N) is 1. The molecular weight excluding hydrogens is 427 g/mol. The van der Waals surface area contributed by atoms with Gasteiger partial charge in [0.1, 0.15) is 5.52 Å². The summed E-state index contributed by atoms with van der Waals surface area (Å²) in [6.45, 7) is 0.425. The van der Waals surface area contributed by atoms with E-state index in [0.29, 0.717) is 6.61 Å². The van der Waals surface area contributed by atoms with Crippen LogP contribution in [-0.2, 0) is 10.9 Å². The van der Waals surface area contributed by atoms with Crippen LogP contribution in [0.5, 0.6) is 5.75 Å². The number of nitrogens with zero attached hydrogens (tertiary/aromatic N) is 1. The quantitative estimate of drug-likeness (QED) is 0.598. The number of hydrogen-bond donors (Lipinski definition) is 2. The molecule has 2 aliphatic heterocycles. The van der Waals surface area contributed by atoms with E-state index < -0.39 is 46.1 Å². The molecule has 1 saturated carbocycles. The second-order valence-electron chi connectivity index (χ2n) is 7.72. The van der Waals surface area contributed by atoms with Crippen LogP contribution in [0.15, 0.2) is 28.7 Å². The molecule has 2 N–H and O–H groups in total. The van der Waals surface area contributed by atoms with E-state index in [1.807, 2.05) is 0 Å². The van der Waals surface area contributed by atoms with E-state index in [-0.39, 0.29) is 34.7 Å². The highest BCUT2D eigenvalue weighted by molar-refractivity contribution is 5.98. The number of phenolic OH excluding ortho intramolecular Hbond substituents is 1. The van der Waals surface area contributed by atoms with Crippen LogP contribution >= 0.6 is 0 Å². The number of aromatic nitrogens is 1. The first-order valence-corrected chi connectivity index (χ1v) is 9.20. The number of phenols is 1. The van der Waals surface area contributed by atoms with Gasteiger partial charge in [-0.15, -0.1) is 0 Å². The molecule has 31 heavy (non-hydrogen) atoms. The van der Waals surface area contributed by atoms with E-state index in [9.17, 15) is 31.9 Å². The smallest absolute Gasteiger partial charge is 0.419 e. The van der Waals surface area contributed by atoms with E-state index in [1.165, 1.54) is 18.2 Å². The third-order valence-corrected chi connectivity index (χ3v) is 5.57. The Morgan fingerprint density at radius 1 is 1.19 bits per heavy atom. The van der Waals surface area contributed by atoms with Gasteiger partial charge in [-0.3, -0.25) is 4.79 Å². The number of alkyl halides is 3. The second kappa shape index (κ2) is 6.39. The van der Waals surface area contributed by atoms with Gasteiger partial charge in [0.2, 0.25) is 5.89 Å². The molecule has 2 aromatic carbocycles. The maximum Gasteiger partial charge on any atom is 0.419 e. The van der Waals surface area contributed by atoms with Gasteiger partial charge in [0, 0.05) is 5.56 Å². The number of ether oxygens (including phenoxy) is 1. The van der Waals surface area contributed by atoms with Crippen LogP contribution in [-0.4, -0.2) is 34.2 Å². The van der Waals surface area contributed by atoms with E-state index in [2.05, 4.69) is 10.3 Å². The van der Waals surface area contributed by atoms with Crippen molar-refractivity contribution in [3.05, 3.63) is 47.0 Å². The monoisotopic (exact) mass is 440 g/mol. The first kappa shape index (κ1) is 19.7. The zero-order valence-corrected chi connectivity index (χ0v) is 15.5. The van der Waals surface area contributed by atoms with E-state index in [4.69, 9.17) is 9.15 Å². The van der Waals surface area contributed by atoms with Crippen molar-refractivity contribution in [2.45, 2.75) is 30.7 Å². The Hall–Kier alpha value is -3.21. The largest absolute Gasteiger partial charge is 0.503 e. The molecule has 6 rings (SSSR count). The SMILES string of the molecule is O=C(NC12COC(C1)C2)c1ccc2oc(-c3cc(C(F)(F)F)c(F)c(O)c3F)nc2c1. The van der Waals surface area contributed by atoms with Gasteiger partial charge < -0.3 is 19.6 Å². The first-order chi connectivity index (χ1) is 14.6. The number of carbonyl (C=O) groups is 1. The minimum absolute atomic E-state index is 0.0643. The van der Waals surface area contributed by atoms with Crippen LogP contribution < -0.4 is 5.32 Å². The molecule has 162 valence electrons. The van der Waals surface area contributed by atoms with E-state index in [1.54, 1.807) is 0 Å². The fourth-order valence-corrected chi connectivity index (χ4v) is 3.94. The average Bonchev–Trinajstić information content (AvgIpc) is 3.38. The molecular formula is C20H13F5N2O4. The Morgan fingerprint density at radius 3 is 2.58 bits per heavy atom. The third-order valence-electron chi connectivity index (χ3n) is 5.57. The lowest BCUT2D eigenvalue weighted by Gasteiger charge is -2.36. The lowest BCUT2D eigenvalue weighted by molar-refractivity contribution is -0.140. The predicted molar refractivity (Wildman–Crippen MR) is 95.2 cm³/mol. The van der Waals surface area contributed by atoms with Crippen molar-refractivity contribution >= 4 is 17.0 Å². The lowest BCUT2D eigenvalue weighted by atomic mass is 9.78. The summed E-state index contributed by atoms with van der Waals surface area (Å²) in [6.07, 6.45) is -3.57. The van der Waals surface area contributed by atoms with Crippen molar-refractivity contribution in [3.63, 3.8) is 0 Å². The predicted octanol–water partition coefficient (Wildman–Crippen LogP) is 4.16. The second-order valence-corrected chi connectivity index (χ2v) is 7.72. The third kappa shape index (κ3) is 3.11. The zero-order valence-electron chi connectivity index (χ0n) is 15.5. The molecule has 2 bridgehead atoms. The Kier molecular flexibility index (Phi) is 4.07. The fraction of sp³-hybridized carbons (Fsp3) is 0.300. The number of aromatic hydroxyl groups is 1. The van der Waals surface area contributed by atoms with Gasteiger partial charge in [-0.25, -0.2) is 13.8 Å². The van der Waals surface area contributed by atoms with Crippen LogP contribution in [0.2, 0.25) is 0 Å². The van der Waals surface area contributed by atoms with Crippen LogP contribution in [0.4, 0.5) is 22.0 Å². The van der Waals surface area contributed by atoms with Crippen molar-refractivity contribution in [3.8, 4) is 17.2 Å². The molecule has 3 fully saturated rings. The summed E-state index contributed by atoms with van der Waals surface area (Å²) >= 11 is 0. The van der Waals surface area contributed by atoms with Gasteiger partial charge in [0.15, 0.2) is 23.0 Å². The van der Waals surface area contributed by atoms with E-state index in [0.717, 1.165) is 12.8 Å². The maximum atomic E-state index is 14.3. The summed E-state index contributed by atoms with van der Waals surface area (Å²) in [5.74, 6) is -6.55. The van der Waals surface area contributed by atoms with Crippen molar-refractivity contribution < 1.29 is 41.0 Å². The van der Waals surface area contributed by atoms with Crippen molar-refractivity contribution in [2.24, 2.45) is 0 Å². The van der Waals surface area contributed by atoms with E-state index >= 15 is 0 Å². The Morgan fingerprint density at radius 2 is 1.94 bits per heavy atom. The summed E-state index contributed by atoms with van der Waals surface area (Å²) in [7, 11) is 0. The summed E-state index contributed by atoms with van der Waals surface area (Å²) in [4.78, 5) is 16.5. The molecule has 1 amide bonds. The molecule has 6 nitrogen and oxygen atoms in total. The van der Waals surface area contributed by atoms with Crippen LogP contribution in [0.3, 0.4) is 0 Å². The van der Waals surface area contributed by atoms with Gasteiger partial charge in [-0.1, -0.05) is 0 Å². The molecule has 0 radical (unpaired) electrons. The number of oxazole rings is 1. The molecule has 0 atom stereocenters. The van der Waals surface area contributed by atoms with Gasteiger partial charge in [0.25, 0.3) is 5.91 Å². The minimum Gasteiger partial charge on any atom is -0.503 e. The summed E-state index contributed by atoms with van der Waals surface area (Å²) in [5, 5.41) is 12.4. The minimum atomic E-state index is -5.18. The van der Waals surface area contributed by atoms with Crippen molar-refractivity contribution in [2.75, 3.05) is 6.61 Å². The molecule has 3 heterocycles. The summed E-state index contributed by atoms with van der Waals surface area (Å²) < 4.78 is 77.8. The highest BCUT2D eigenvalue weighted by atomic mass is 19.4. The lowest BCUT2D eigenvalue weighted by Crippen LogP contribution is -2.54. The molecule has 1 aromatic heterocycles. The molecule has 0 spiro atoms. The Labute approximate surface area is 170 Å². The molecule has 0 unspecified atom stereocenters. The summed E-state index contributed by atoms with van der Waals surface area (Å²) in [5.41, 5.74) is -2.76. The number of amides is 1. The van der Waals surface area contributed by atoms with Crippen molar-refractivity contribution in [1.82, 2.24) is 10.3 Å². The first-order valence-electron chi connectivity index (χ1n) is 9.20. The molecule has 3 aliphatic rings. The topological polar surface area (TPSA) is 84.6 Å². The van der Waals surface area contributed by atoms with Gasteiger partial charge in [0.05, 0.1) is 29.4 Å². The standard InChI is InChI=1S/C20H13F5N2O4/c21-14-10(4-11(20(23,24)25)15(22)16(14)28)18-26-12-3-8(1-2-13(12)31-18)17(29)27-19-5-9(6-19)30-7-19/h1-4,9,28H,5-7H2,(H,27,29). The molecule has 1 aliphatic carbocycles. The fourth-order valence-electron chi connectivity index (χ4n) is 3.94. The normalized spacial score (nSPS) is 22.5. The number of carbonyl (C=O) groups excluding carboxylic acids is 1. The van der Waals surface area contributed by atoms with Gasteiger partial charge >= 0.3 is 6.18 Å². The number of halogens is 5. The number of hydrogen-bond acceptors (Lipinski definition) is 5. The number of fused-ring (bicyclic) bond motifs is 2. The van der Waals surface area contributed by atoms with Crippen LogP contribution in [0, 0.1) is 11.6 Å². The van der Waals surface area contributed by atoms with Gasteiger partial charge in [-0.05, 0) is 37.1 Å². The zero-order chi connectivity index (χ0) is 22.1.